The molecule has 17 heavy (non-hydrogen) atoms. The van der Waals surface area contributed by atoms with Crippen molar-refractivity contribution >= 4 is 41.6 Å². The van der Waals surface area contributed by atoms with Gasteiger partial charge in [-0.1, -0.05) is 23.4 Å². The van der Waals surface area contributed by atoms with E-state index in [4.69, 9.17) is 11.6 Å². The lowest BCUT2D eigenvalue weighted by Crippen LogP contribution is -2.35. The Hall–Kier alpha value is -0.230. The average Bonchev–Trinajstić information content (AvgIpc) is 2.29. The summed E-state index contributed by atoms with van der Waals surface area (Å²) in [6.07, 6.45) is 4.19. The fourth-order valence-electron chi connectivity index (χ4n) is 1.74. The van der Waals surface area contributed by atoms with Crippen LogP contribution in [0.5, 0.6) is 0 Å². The Morgan fingerprint density at radius 2 is 2.12 bits per heavy atom. The molecule has 1 aliphatic rings. The highest BCUT2D eigenvalue weighted by molar-refractivity contribution is 7.98. The van der Waals surface area contributed by atoms with Crippen molar-refractivity contribution in [2.24, 2.45) is 0 Å². The van der Waals surface area contributed by atoms with Crippen LogP contribution in [0.4, 0.5) is 5.82 Å². The van der Waals surface area contributed by atoms with Crippen molar-refractivity contribution in [2.45, 2.75) is 24.0 Å². The quantitative estimate of drug-likeness (QED) is 0.509. The van der Waals surface area contributed by atoms with E-state index < -0.39 is 0 Å². The van der Waals surface area contributed by atoms with Crippen molar-refractivity contribution in [2.75, 3.05) is 24.7 Å². The standard InChI is InChI=1S/C10H15ClN4S.ClH/c1-16-10-14-8(11)6-9(15-10)13-7-2-4-12-5-3-7;/h6-7,12H,2-5H2,1H3,(H,13,14,15);1H. The van der Waals surface area contributed by atoms with E-state index in [1.807, 2.05) is 6.26 Å². The number of nitrogens with one attached hydrogen (secondary N) is 2. The molecule has 96 valence electrons. The smallest absolute Gasteiger partial charge is 0.190 e. The molecule has 1 aromatic rings. The molecule has 1 fully saturated rings. The van der Waals surface area contributed by atoms with E-state index in [2.05, 4.69) is 20.6 Å². The average molecular weight is 295 g/mol. The van der Waals surface area contributed by atoms with Gasteiger partial charge < -0.3 is 10.6 Å². The van der Waals surface area contributed by atoms with E-state index in [9.17, 15) is 0 Å². The molecule has 0 saturated carbocycles. The van der Waals surface area contributed by atoms with E-state index >= 15 is 0 Å². The number of piperidine rings is 1. The summed E-state index contributed by atoms with van der Waals surface area (Å²) in [6.45, 7) is 2.12. The number of thioether (sulfide) groups is 1. The van der Waals surface area contributed by atoms with Gasteiger partial charge in [-0.15, -0.1) is 12.4 Å². The maximum atomic E-state index is 5.93. The zero-order valence-electron chi connectivity index (χ0n) is 9.57. The fraction of sp³-hybridized carbons (Fsp3) is 0.600. The number of aromatic nitrogens is 2. The third kappa shape index (κ3) is 4.50. The molecule has 7 heteroatoms. The molecule has 0 radical (unpaired) electrons. The third-order valence-electron chi connectivity index (χ3n) is 2.55. The van der Waals surface area contributed by atoms with Crippen LogP contribution in [0.15, 0.2) is 11.2 Å². The predicted octanol–water partition coefficient (Wildman–Crippen LogP) is 2.44. The maximum Gasteiger partial charge on any atom is 0.190 e. The lowest BCUT2D eigenvalue weighted by Gasteiger charge is -2.24. The highest BCUT2D eigenvalue weighted by atomic mass is 35.5. The monoisotopic (exact) mass is 294 g/mol. The molecule has 0 atom stereocenters. The molecule has 2 N–H and O–H groups in total. The number of anilines is 1. The highest BCUT2D eigenvalue weighted by Crippen LogP contribution is 2.19. The van der Waals surface area contributed by atoms with Crippen molar-refractivity contribution in [3.05, 3.63) is 11.2 Å². The lowest BCUT2D eigenvalue weighted by atomic mass is 10.1. The molecule has 0 unspecified atom stereocenters. The molecule has 4 nitrogen and oxygen atoms in total. The molecule has 0 aromatic carbocycles. The second kappa shape index (κ2) is 7.26. The van der Waals surface area contributed by atoms with Gasteiger partial charge in [0, 0.05) is 12.1 Å². The Kier molecular flexibility index (Phi) is 6.33. The summed E-state index contributed by atoms with van der Waals surface area (Å²) in [6, 6.07) is 2.27. The Bertz CT molecular complexity index is 358. The fourth-order valence-corrected chi connectivity index (χ4v) is 2.35. The first-order valence-corrected chi connectivity index (χ1v) is 6.94. The molecule has 0 spiro atoms. The van der Waals surface area contributed by atoms with E-state index in [0.717, 1.165) is 31.7 Å². The van der Waals surface area contributed by atoms with E-state index in [1.54, 1.807) is 6.07 Å². The number of halogens is 2. The van der Waals surface area contributed by atoms with Gasteiger partial charge in [-0.05, 0) is 32.2 Å². The van der Waals surface area contributed by atoms with Crippen molar-refractivity contribution in [3.8, 4) is 0 Å². The van der Waals surface area contributed by atoms with Gasteiger partial charge in [0.25, 0.3) is 0 Å². The Morgan fingerprint density at radius 1 is 1.41 bits per heavy atom. The Labute approximate surface area is 117 Å². The number of rotatable bonds is 3. The zero-order valence-corrected chi connectivity index (χ0v) is 12.0. The second-order valence-electron chi connectivity index (χ2n) is 3.73. The van der Waals surface area contributed by atoms with Gasteiger partial charge in [0.05, 0.1) is 0 Å². The molecule has 0 bridgehead atoms. The molecule has 1 aliphatic heterocycles. The number of hydrogen-bond acceptors (Lipinski definition) is 5. The van der Waals surface area contributed by atoms with Crippen molar-refractivity contribution in [1.82, 2.24) is 15.3 Å². The Balaban J connectivity index is 0.00000144. The van der Waals surface area contributed by atoms with Gasteiger partial charge >= 0.3 is 0 Å². The van der Waals surface area contributed by atoms with E-state index in [0.29, 0.717) is 16.4 Å². The zero-order chi connectivity index (χ0) is 11.4. The normalized spacial score (nSPS) is 16.4. The topological polar surface area (TPSA) is 49.8 Å². The van der Waals surface area contributed by atoms with Gasteiger partial charge in [0.15, 0.2) is 5.16 Å². The minimum absolute atomic E-state index is 0. The van der Waals surface area contributed by atoms with Gasteiger partial charge in [0.2, 0.25) is 0 Å². The van der Waals surface area contributed by atoms with Crippen molar-refractivity contribution in [3.63, 3.8) is 0 Å². The molecule has 0 aliphatic carbocycles. The van der Waals surface area contributed by atoms with Crippen molar-refractivity contribution in [1.29, 1.82) is 0 Å². The first-order chi connectivity index (χ1) is 7.78. The van der Waals surface area contributed by atoms with Gasteiger partial charge in [-0.3, -0.25) is 0 Å². The molecular formula is C10H16Cl2N4S. The van der Waals surface area contributed by atoms with E-state index in [1.165, 1.54) is 11.8 Å². The first-order valence-electron chi connectivity index (χ1n) is 5.34. The van der Waals surface area contributed by atoms with Crippen LogP contribution in [0.2, 0.25) is 5.15 Å². The minimum Gasteiger partial charge on any atom is -0.367 e. The molecular weight excluding hydrogens is 279 g/mol. The van der Waals surface area contributed by atoms with Crippen LogP contribution in [0.3, 0.4) is 0 Å². The van der Waals surface area contributed by atoms with Crippen molar-refractivity contribution < 1.29 is 0 Å². The van der Waals surface area contributed by atoms with Crippen LogP contribution in [-0.4, -0.2) is 35.4 Å². The number of nitrogens with zero attached hydrogens (tertiary/aromatic N) is 2. The number of hydrogen-bond donors (Lipinski definition) is 2. The Morgan fingerprint density at radius 3 is 2.76 bits per heavy atom. The van der Waals surface area contributed by atoms with Crippen LogP contribution in [0, 0.1) is 0 Å². The van der Waals surface area contributed by atoms with Crippen LogP contribution in [0.25, 0.3) is 0 Å². The molecule has 2 rings (SSSR count). The minimum atomic E-state index is 0. The molecule has 0 amide bonds. The molecule has 1 saturated heterocycles. The van der Waals surface area contributed by atoms with Crippen LogP contribution < -0.4 is 10.6 Å². The summed E-state index contributed by atoms with van der Waals surface area (Å²) in [7, 11) is 0. The molecule has 2 heterocycles. The first kappa shape index (κ1) is 14.8. The van der Waals surface area contributed by atoms with Crippen LogP contribution >= 0.6 is 35.8 Å². The summed E-state index contributed by atoms with van der Waals surface area (Å²) in [5.74, 6) is 0.830. The summed E-state index contributed by atoms with van der Waals surface area (Å²) < 4.78 is 0. The van der Waals surface area contributed by atoms with Gasteiger partial charge in [-0.25, -0.2) is 9.97 Å². The maximum absolute atomic E-state index is 5.93. The summed E-state index contributed by atoms with van der Waals surface area (Å²) in [5.41, 5.74) is 0. The van der Waals surface area contributed by atoms with Crippen LogP contribution in [0.1, 0.15) is 12.8 Å². The van der Waals surface area contributed by atoms with E-state index in [-0.39, 0.29) is 12.4 Å². The lowest BCUT2D eigenvalue weighted by molar-refractivity contribution is 0.478. The third-order valence-corrected chi connectivity index (χ3v) is 3.29. The van der Waals surface area contributed by atoms with Crippen LogP contribution in [-0.2, 0) is 0 Å². The highest BCUT2D eigenvalue weighted by Gasteiger charge is 2.13. The predicted molar refractivity (Wildman–Crippen MR) is 75.6 cm³/mol. The molecule has 1 aromatic heterocycles. The summed E-state index contributed by atoms with van der Waals surface area (Å²) >= 11 is 7.43. The second-order valence-corrected chi connectivity index (χ2v) is 4.89. The van der Waals surface area contributed by atoms with Gasteiger partial charge in [0.1, 0.15) is 11.0 Å². The summed E-state index contributed by atoms with van der Waals surface area (Å²) in [5, 5.41) is 7.95. The SMILES string of the molecule is CSc1nc(Cl)cc(NC2CCNCC2)n1.Cl. The summed E-state index contributed by atoms with van der Waals surface area (Å²) in [4.78, 5) is 8.49. The van der Waals surface area contributed by atoms with Gasteiger partial charge in [-0.2, -0.15) is 0 Å². The largest absolute Gasteiger partial charge is 0.367 e.